The summed E-state index contributed by atoms with van der Waals surface area (Å²) < 4.78 is 6.33. The molecule has 0 spiro atoms. The molecule has 0 atom stereocenters. The molecule has 60 heavy (non-hydrogen) atoms. The van der Waals surface area contributed by atoms with Crippen molar-refractivity contribution in [3.63, 3.8) is 0 Å². The van der Waals surface area contributed by atoms with Crippen molar-refractivity contribution in [1.29, 1.82) is 0 Å². The van der Waals surface area contributed by atoms with E-state index in [0.29, 0.717) is 6.54 Å². The van der Waals surface area contributed by atoms with Gasteiger partial charge in [0.15, 0.2) is 0 Å². The average molecular weight is 769 g/mol. The molecule has 3 heteroatoms. The highest BCUT2D eigenvalue weighted by Gasteiger charge is 2.20. The van der Waals surface area contributed by atoms with Gasteiger partial charge in [0.1, 0.15) is 11.2 Å². The first kappa shape index (κ1) is 35.3. The standard InChI is InChI=1S/C57H40N2O/c1-4-17-40(18-5-1)49-26-12-13-28-51(49)50-27-11-10-19-43(50)39-58(46-24-16-25-48(36-46)59(44-20-6-2-7-21-44)45-22-8-3-9-23-45)47-34-33-41-31-32-42-35-57-55(38-54(42)53(41)37-47)52-29-14-15-30-56(52)60-57/h1-38H,39H2. The Balaban J connectivity index is 1.10. The third-order valence-electron chi connectivity index (χ3n) is 11.7. The quantitative estimate of drug-likeness (QED) is 0.136. The van der Waals surface area contributed by atoms with Crippen LogP contribution in [0.25, 0.3) is 65.7 Å². The van der Waals surface area contributed by atoms with Gasteiger partial charge in [-0.2, -0.15) is 0 Å². The van der Waals surface area contributed by atoms with Gasteiger partial charge in [0.2, 0.25) is 0 Å². The number of benzene rings is 10. The fraction of sp³-hybridized carbons (Fsp3) is 0.0175. The molecule has 0 amide bonds. The molecule has 0 aliphatic carbocycles. The molecule has 0 bridgehead atoms. The van der Waals surface area contributed by atoms with E-state index in [1.54, 1.807) is 0 Å². The summed E-state index contributed by atoms with van der Waals surface area (Å²) in [5.41, 5.74) is 13.4. The maximum Gasteiger partial charge on any atom is 0.136 e. The van der Waals surface area contributed by atoms with E-state index >= 15 is 0 Å². The summed E-state index contributed by atoms with van der Waals surface area (Å²) in [5, 5.41) is 7.03. The first-order valence-electron chi connectivity index (χ1n) is 20.5. The molecule has 0 radical (unpaired) electrons. The van der Waals surface area contributed by atoms with E-state index in [4.69, 9.17) is 4.42 Å². The van der Waals surface area contributed by atoms with E-state index in [1.165, 1.54) is 44.0 Å². The molecule has 1 aromatic heterocycles. The minimum Gasteiger partial charge on any atom is -0.456 e. The summed E-state index contributed by atoms with van der Waals surface area (Å²) in [6.45, 7) is 0.645. The zero-order valence-corrected chi connectivity index (χ0v) is 32.9. The van der Waals surface area contributed by atoms with Crippen LogP contribution in [0.4, 0.5) is 28.4 Å². The highest BCUT2D eigenvalue weighted by molar-refractivity contribution is 6.16. The van der Waals surface area contributed by atoms with Gasteiger partial charge in [-0.25, -0.2) is 0 Å². The van der Waals surface area contributed by atoms with Crippen molar-refractivity contribution in [3.05, 3.63) is 236 Å². The molecule has 0 aliphatic rings. The van der Waals surface area contributed by atoms with Gasteiger partial charge in [0.25, 0.3) is 0 Å². The molecule has 284 valence electrons. The summed E-state index contributed by atoms with van der Waals surface area (Å²) in [6.07, 6.45) is 0. The van der Waals surface area contributed by atoms with Crippen molar-refractivity contribution in [2.24, 2.45) is 0 Å². The smallest absolute Gasteiger partial charge is 0.136 e. The molecule has 0 fully saturated rings. The minimum atomic E-state index is 0.645. The number of furan rings is 1. The fourth-order valence-electron chi connectivity index (χ4n) is 8.84. The van der Waals surface area contributed by atoms with Gasteiger partial charge < -0.3 is 14.2 Å². The van der Waals surface area contributed by atoms with Crippen molar-refractivity contribution < 1.29 is 4.42 Å². The van der Waals surface area contributed by atoms with Crippen LogP contribution in [0, 0.1) is 0 Å². The predicted octanol–water partition coefficient (Wildman–Crippen LogP) is 16.0. The first-order chi connectivity index (χ1) is 29.7. The molecule has 10 aromatic carbocycles. The van der Waals surface area contributed by atoms with Crippen molar-refractivity contribution in [2.75, 3.05) is 9.80 Å². The lowest BCUT2D eigenvalue weighted by Crippen LogP contribution is -2.18. The van der Waals surface area contributed by atoms with E-state index in [-0.39, 0.29) is 0 Å². The highest BCUT2D eigenvalue weighted by Crippen LogP contribution is 2.42. The second kappa shape index (κ2) is 15.1. The topological polar surface area (TPSA) is 19.6 Å². The number of nitrogens with zero attached hydrogens (tertiary/aromatic N) is 2. The van der Waals surface area contributed by atoms with Gasteiger partial charge in [-0.05, 0) is 122 Å². The van der Waals surface area contributed by atoms with Crippen LogP contribution in [0.1, 0.15) is 5.56 Å². The number of anilines is 5. The molecule has 11 rings (SSSR count). The summed E-state index contributed by atoms with van der Waals surface area (Å²) in [5.74, 6) is 0. The lowest BCUT2D eigenvalue weighted by atomic mass is 9.91. The van der Waals surface area contributed by atoms with E-state index in [2.05, 4.69) is 234 Å². The predicted molar refractivity (Wildman–Crippen MR) is 253 cm³/mol. The van der Waals surface area contributed by atoms with Crippen LogP contribution < -0.4 is 9.80 Å². The van der Waals surface area contributed by atoms with Gasteiger partial charge in [0, 0.05) is 45.8 Å². The summed E-state index contributed by atoms with van der Waals surface area (Å²) in [6, 6.07) is 82.8. The van der Waals surface area contributed by atoms with Crippen LogP contribution in [-0.2, 0) is 6.54 Å². The monoisotopic (exact) mass is 768 g/mol. The third kappa shape index (κ3) is 6.43. The Hall–Kier alpha value is -7.88. The minimum absolute atomic E-state index is 0.645. The van der Waals surface area contributed by atoms with Crippen molar-refractivity contribution >= 4 is 71.9 Å². The molecule has 0 aliphatic heterocycles. The molecular weight excluding hydrogens is 729 g/mol. The van der Waals surface area contributed by atoms with Crippen LogP contribution in [0.3, 0.4) is 0 Å². The Labute approximate surface area is 349 Å². The molecule has 1 heterocycles. The van der Waals surface area contributed by atoms with Crippen LogP contribution >= 0.6 is 0 Å². The van der Waals surface area contributed by atoms with E-state index in [0.717, 1.165) is 55.8 Å². The number of hydrogen-bond acceptors (Lipinski definition) is 3. The maximum atomic E-state index is 6.33. The van der Waals surface area contributed by atoms with E-state index in [1.807, 2.05) is 6.07 Å². The Kier molecular flexibility index (Phi) is 8.90. The van der Waals surface area contributed by atoms with Crippen LogP contribution in [0.5, 0.6) is 0 Å². The van der Waals surface area contributed by atoms with Crippen molar-refractivity contribution in [2.45, 2.75) is 6.54 Å². The Morgan fingerprint density at radius 2 is 0.883 bits per heavy atom. The summed E-state index contributed by atoms with van der Waals surface area (Å²) in [4.78, 5) is 4.81. The normalized spacial score (nSPS) is 11.4. The van der Waals surface area contributed by atoms with Gasteiger partial charge in [-0.3, -0.25) is 0 Å². The molecule has 0 saturated carbocycles. The van der Waals surface area contributed by atoms with Crippen LogP contribution in [0.15, 0.2) is 235 Å². The Bertz CT molecular complexity index is 3260. The molecule has 0 unspecified atom stereocenters. The zero-order valence-electron chi connectivity index (χ0n) is 32.9. The number of para-hydroxylation sites is 3. The lowest BCUT2D eigenvalue weighted by molar-refractivity contribution is 0.669. The SMILES string of the molecule is c1ccc(-c2ccccc2-c2ccccc2CN(c2cccc(N(c3ccccc3)c3ccccc3)c2)c2ccc3ccc4cc5oc6ccccc6c5cc4c3c2)cc1. The number of fused-ring (bicyclic) bond motifs is 6. The maximum absolute atomic E-state index is 6.33. The fourth-order valence-corrected chi connectivity index (χ4v) is 8.84. The Morgan fingerprint density at radius 1 is 0.317 bits per heavy atom. The molecule has 3 nitrogen and oxygen atoms in total. The van der Waals surface area contributed by atoms with Crippen LogP contribution in [0.2, 0.25) is 0 Å². The second-order valence-corrected chi connectivity index (χ2v) is 15.3. The molecule has 0 saturated heterocycles. The summed E-state index contributed by atoms with van der Waals surface area (Å²) >= 11 is 0. The second-order valence-electron chi connectivity index (χ2n) is 15.3. The third-order valence-corrected chi connectivity index (χ3v) is 11.7. The largest absolute Gasteiger partial charge is 0.456 e. The lowest BCUT2D eigenvalue weighted by Gasteiger charge is -2.30. The molecule has 11 aromatic rings. The van der Waals surface area contributed by atoms with Gasteiger partial charge in [-0.1, -0.05) is 158 Å². The van der Waals surface area contributed by atoms with Crippen LogP contribution in [-0.4, -0.2) is 0 Å². The first-order valence-corrected chi connectivity index (χ1v) is 20.5. The van der Waals surface area contributed by atoms with E-state index < -0.39 is 0 Å². The van der Waals surface area contributed by atoms with Gasteiger partial charge in [-0.15, -0.1) is 0 Å². The zero-order chi connectivity index (χ0) is 39.8. The van der Waals surface area contributed by atoms with Crippen molar-refractivity contribution in [1.82, 2.24) is 0 Å². The Morgan fingerprint density at radius 3 is 1.67 bits per heavy atom. The van der Waals surface area contributed by atoms with Gasteiger partial charge in [0.05, 0.1) is 0 Å². The molecule has 0 N–H and O–H groups in total. The van der Waals surface area contributed by atoms with Crippen molar-refractivity contribution in [3.8, 4) is 22.3 Å². The molecular formula is C57H40N2O. The highest BCUT2D eigenvalue weighted by atomic mass is 16.3. The number of rotatable bonds is 9. The number of hydrogen-bond donors (Lipinski definition) is 0. The summed E-state index contributed by atoms with van der Waals surface area (Å²) in [7, 11) is 0. The average Bonchev–Trinajstić information content (AvgIpc) is 3.69. The van der Waals surface area contributed by atoms with Gasteiger partial charge >= 0.3 is 0 Å². The van der Waals surface area contributed by atoms with E-state index in [9.17, 15) is 0 Å².